The number of ether oxygens (including phenoxy) is 1. The van der Waals surface area contributed by atoms with Crippen LogP contribution in [0.15, 0.2) is 145 Å². The Balaban J connectivity index is 0.000000740. The van der Waals surface area contributed by atoms with Crippen molar-refractivity contribution in [1.82, 2.24) is 0 Å². The SMILES string of the molecule is COc1cc(N=Nc2ccccc2)ccc1N=Nc1ccc(N=Nc2ccc3cc(S(=O)(=O)O)c(N)cc3c2O)c2ccccc12.O=S(=O)=O.O=S(=O)=O. The fourth-order valence-corrected chi connectivity index (χ4v) is 5.36. The van der Waals surface area contributed by atoms with Gasteiger partial charge in [-0.1, -0.05) is 48.5 Å². The number of anilines is 1. The van der Waals surface area contributed by atoms with Crippen molar-refractivity contribution < 1.29 is 48.1 Å². The van der Waals surface area contributed by atoms with Crippen molar-refractivity contribution in [1.29, 1.82) is 0 Å². The Hall–Kier alpha value is -6.81. The summed E-state index contributed by atoms with van der Waals surface area (Å²) in [6.07, 6.45) is 0. The zero-order valence-corrected chi connectivity index (χ0v) is 29.9. The number of phenolic OH excluding ortho intramolecular Hbond substituents is 1. The van der Waals surface area contributed by atoms with Crippen LogP contribution in [0.25, 0.3) is 21.5 Å². The van der Waals surface area contributed by atoms with Crippen LogP contribution in [0.4, 0.5) is 39.8 Å². The van der Waals surface area contributed by atoms with Gasteiger partial charge in [-0.2, -0.15) is 18.6 Å². The number of aromatic hydroxyl groups is 1. The summed E-state index contributed by atoms with van der Waals surface area (Å²) in [6.45, 7) is 0. The van der Waals surface area contributed by atoms with Crippen molar-refractivity contribution in [2.24, 2.45) is 30.7 Å². The Bertz CT molecular complexity index is 2740. The number of benzene rings is 6. The highest BCUT2D eigenvalue weighted by molar-refractivity contribution is 7.86. The Morgan fingerprint density at radius 3 is 1.61 bits per heavy atom. The number of hydrogen-bond acceptors (Lipinski definition) is 17. The third-order valence-corrected chi connectivity index (χ3v) is 7.90. The smallest absolute Gasteiger partial charge is 0.425 e. The van der Waals surface area contributed by atoms with Crippen LogP contribution in [0.1, 0.15) is 0 Å². The third-order valence-electron chi connectivity index (χ3n) is 6.99. The third kappa shape index (κ3) is 10.8. The summed E-state index contributed by atoms with van der Waals surface area (Å²) in [4.78, 5) is -0.446. The van der Waals surface area contributed by atoms with Gasteiger partial charge in [0.1, 0.15) is 22.0 Å². The summed E-state index contributed by atoms with van der Waals surface area (Å²) in [6, 6.07) is 31.1. The summed E-state index contributed by atoms with van der Waals surface area (Å²) >= 11 is 0. The number of rotatable bonds is 8. The van der Waals surface area contributed by atoms with Gasteiger partial charge in [0.15, 0.2) is 5.75 Å². The monoisotopic (exact) mass is 791 g/mol. The van der Waals surface area contributed by atoms with Crippen molar-refractivity contribution >= 4 is 92.7 Å². The lowest BCUT2D eigenvalue weighted by molar-refractivity contribution is 0.416. The van der Waals surface area contributed by atoms with Crippen LogP contribution in [0.3, 0.4) is 0 Å². The topological polar surface area (TPSA) is 286 Å². The Kier molecular flexibility index (Phi) is 13.4. The molecule has 18 nitrogen and oxygen atoms in total. The molecule has 0 atom stereocenters. The molecule has 6 aromatic rings. The largest absolute Gasteiger partial charge is 0.505 e. The summed E-state index contributed by atoms with van der Waals surface area (Å²) < 4.78 is 88.8. The van der Waals surface area contributed by atoms with Crippen LogP contribution < -0.4 is 10.5 Å². The van der Waals surface area contributed by atoms with Crippen molar-refractivity contribution in [3.63, 3.8) is 0 Å². The summed E-state index contributed by atoms with van der Waals surface area (Å²) in [5.41, 5.74) is 8.68. The van der Waals surface area contributed by atoms with Crippen LogP contribution >= 0.6 is 0 Å². The second kappa shape index (κ2) is 18.1. The average Bonchev–Trinajstić information content (AvgIpc) is 3.13. The van der Waals surface area contributed by atoms with Crippen molar-refractivity contribution in [2.75, 3.05) is 12.8 Å². The van der Waals surface area contributed by atoms with Gasteiger partial charge >= 0.3 is 21.2 Å². The molecule has 0 aliphatic rings. The van der Waals surface area contributed by atoms with Gasteiger partial charge in [-0.05, 0) is 60.0 Å². The quantitative estimate of drug-likeness (QED) is 0.0756. The minimum atomic E-state index is -4.53. The van der Waals surface area contributed by atoms with Gasteiger partial charge in [0.25, 0.3) is 10.1 Å². The molecule has 21 heteroatoms. The molecule has 6 rings (SSSR count). The predicted molar refractivity (Wildman–Crippen MR) is 195 cm³/mol. The highest BCUT2D eigenvalue weighted by atomic mass is 32.2. The molecule has 276 valence electrons. The van der Waals surface area contributed by atoms with E-state index in [1.54, 1.807) is 43.5 Å². The number of fused-ring (bicyclic) bond motifs is 2. The van der Waals surface area contributed by atoms with E-state index in [1.165, 1.54) is 18.2 Å². The van der Waals surface area contributed by atoms with Gasteiger partial charge in [0, 0.05) is 22.2 Å². The highest BCUT2D eigenvalue weighted by Gasteiger charge is 2.17. The van der Waals surface area contributed by atoms with E-state index in [0.29, 0.717) is 33.9 Å². The number of phenols is 1. The van der Waals surface area contributed by atoms with E-state index in [9.17, 15) is 18.1 Å². The van der Waals surface area contributed by atoms with Crippen molar-refractivity contribution in [3.05, 3.63) is 109 Å². The predicted octanol–water partition coefficient (Wildman–Crippen LogP) is 7.77. The average molecular weight is 792 g/mol. The maximum atomic E-state index is 11.6. The van der Waals surface area contributed by atoms with Crippen LogP contribution in [0, 0.1) is 0 Å². The number of methoxy groups -OCH3 is 1. The number of nitrogens with two attached hydrogens (primary N) is 1. The first-order chi connectivity index (χ1) is 25.7. The van der Waals surface area contributed by atoms with E-state index in [-0.39, 0.29) is 22.5 Å². The van der Waals surface area contributed by atoms with Gasteiger partial charge in [0.05, 0.1) is 35.5 Å². The van der Waals surface area contributed by atoms with E-state index in [1.807, 2.05) is 54.6 Å². The molecule has 0 heterocycles. The molecule has 0 saturated carbocycles. The van der Waals surface area contributed by atoms with Gasteiger partial charge in [-0.25, -0.2) is 0 Å². The van der Waals surface area contributed by atoms with Gasteiger partial charge in [-0.15, -0.1) is 45.7 Å². The molecule has 54 heavy (non-hydrogen) atoms. The Labute approximate surface area is 308 Å². The molecular formula is C33H25N7O11S3. The lowest BCUT2D eigenvalue weighted by Crippen LogP contribution is -2.03. The van der Waals surface area contributed by atoms with Gasteiger partial charge in [0.2, 0.25) is 0 Å². The van der Waals surface area contributed by atoms with E-state index in [2.05, 4.69) is 30.7 Å². The normalized spacial score (nSPS) is 11.3. The second-order valence-electron chi connectivity index (χ2n) is 10.4. The Morgan fingerprint density at radius 1 is 0.574 bits per heavy atom. The molecule has 6 aromatic carbocycles. The molecule has 0 unspecified atom stereocenters. The molecule has 0 bridgehead atoms. The number of hydrogen-bond donors (Lipinski definition) is 3. The lowest BCUT2D eigenvalue weighted by atomic mass is 10.1. The van der Waals surface area contributed by atoms with Gasteiger partial charge in [-0.3, -0.25) is 4.55 Å². The van der Waals surface area contributed by atoms with E-state index >= 15 is 0 Å². The van der Waals surface area contributed by atoms with Crippen LogP contribution in [-0.4, -0.2) is 50.4 Å². The minimum Gasteiger partial charge on any atom is -0.505 e. The fourth-order valence-electron chi connectivity index (χ4n) is 4.72. The zero-order valence-electron chi connectivity index (χ0n) is 27.4. The standard InChI is InChI=1S/C33H25N7O5S.2O3S/c1-45-31-18-22(36-35-21-7-3-2-4-8-21)12-14-29(31)39-37-27-15-16-28(24-10-6-5-9-23(24)27)38-40-30-13-11-20-17-32(46(42,43)44)26(34)19-25(20)33(30)41;2*1-4(2)3/h2-19,41H,34H2,1H3,(H,42,43,44);;. The molecule has 0 aromatic heterocycles. The lowest BCUT2D eigenvalue weighted by Gasteiger charge is -2.08. The molecule has 0 saturated heterocycles. The van der Waals surface area contributed by atoms with Gasteiger partial charge < -0.3 is 15.6 Å². The van der Waals surface area contributed by atoms with E-state index in [0.717, 1.165) is 16.5 Å². The van der Waals surface area contributed by atoms with Crippen molar-refractivity contribution in [3.8, 4) is 11.5 Å². The summed E-state index contributed by atoms with van der Waals surface area (Å²) in [7, 11) is -9.21. The molecular weight excluding hydrogens is 767 g/mol. The number of azo groups is 3. The molecule has 0 radical (unpaired) electrons. The highest BCUT2D eigenvalue weighted by Crippen LogP contribution is 2.41. The minimum absolute atomic E-state index is 0.137. The molecule has 0 amide bonds. The van der Waals surface area contributed by atoms with Crippen LogP contribution in [0.2, 0.25) is 0 Å². The maximum absolute atomic E-state index is 11.6. The van der Waals surface area contributed by atoms with E-state index in [4.69, 9.17) is 35.7 Å². The number of nitrogens with zero attached hydrogens (tertiary/aromatic N) is 6. The summed E-state index contributed by atoms with van der Waals surface area (Å²) in [5.74, 6) is 0.236. The zero-order chi connectivity index (χ0) is 39.4. The Morgan fingerprint density at radius 2 is 1.06 bits per heavy atom. The first kappa shape index (κ1) is 40.0. The molecule has 0 aliphatic heterocycles. The van der Waals surface area contributed by atoms with Crippen molar-refractivity contribution in [2.45, 2.75) is 4.90 Å². The van der Waals surface area contributed by atoms with Crippen LogP contribution in [0.5, 0.6) is 11.5 Å². The van der Waals surface area contributed by atoms with E-state index < -0.39 is 36.2 Å². The molecule has 0 aliphatic carbocycles. The number of nitrogen functional groups attached to an aromatic ring is 1. The second-order valence-corrected chi connectivity index (χ2v) is 12.6. The molecule has 4 N–H and O–H groups in total. The molecule has 0 fully saturated rings. The fraction of sp³-hybridized carbons (Fsp3) is 0.0303. The first-order valence-corrected chi connectivity index (χ1v) is 18.2. The summed E-state index contributed by atoms with van der Waals surface area (Å²) in [5, 5.41) is 39.0. The first-order valence-electron chi connectivity index (χ1n) is 14.7. The maximum Gasteiger partial charge on any atom is 0.425 e. The van der Waals surface area contributed by atoms with Crippen LogP contribution in [-0.2, 0) is 31.3 Å². The molecule has 0 spiro atoms.